The van der Waals surface area contributed by atoms with Gasteiger partial charge in [0.25, 0.3) is 11.8 Å². The molecule has 2 aromatic rings. The van der Waals surface area contributed by atoms with Gasteiger partial charge >= 0.3 is 0 Å². The summed E-state index contributed by atoms with van der Waals surface area (Å²) in [6, 6.07) is 10.5. The number of carbonyl (C=O) groups is 3. The first-order valence-corrected chi connectivity index (χ1v) is 12.1. The van der Waals surface area contributed by atoms with Gasteiger partial charge in [0.15, 0.2) is 0 Å². The molecule has 0 saturated carbocycles. The fourth-order valence-corrected chi connectivity index (χ4v) is 4.97. The van der Waals surface area contributed by atoms with Crippen molar-refractivity contribution in [1.82, 2.24) is 15.1 Å². The molecule has 1 heterocycles. The molecule has 1 fully saturated rings. The van der Waals surface area contributed by atoms with Crippen molar-refractivity contribution in [2.24, 2.45) is 0 Å². The molecule has 1 aliphatic heterocycles. The molecule has 8 nitrogen and oxygen atoms in total. The topological polar surface area (TPSA) is 104 Å². The molecule has 2 aromatic carbocycles. The molecule has 3 rings (SSSR count). The first kappa shape index (κ1) is 24.4. The molecule has 0 aliphatic carbocycles. The van der Waals surface area contributed by atoms with Crippen molar-refractivity contribution in [3.05, 3.63) is 65.5 Å². The monoisotopic (exact) mass is 475 g/mol. The Kier molecular flexibility index (Phi) is 7.47. The van der Waals surface area contributed by atoms with E-state index in [0.717, 1.165) is 29.8 Å². The Bertz CT molecular complexity index is 1130. The zero-order valence-electron chi connectivity index (χ0n) is 18.5. The number of sulfone groups is 1. The van der Waals surface area contributed by atoms with Crippen molar-refractivity contribution >= 4 is 27.6 Å². The fraction of sp³-hybridized carbons (Fsp3) is 0.348. The summed E-state index contributed by atoms with van der Waals surface area (Å²) in [4.78, 5) is 40.7. The highest BCUT2D eigenvalue weighted by molar-refractivity contribution is 7.92. The predicted molar refractivity (Wildman–Crippen MR) is 119 cm³/mol. The number of halogens is 1. The summed E-state index contributed by atoms with van der Waals surface area (Å²) in [5, 5.41) is 0.458. The van der Waals surface area contributed by atoms with Crippen LogP contribution in [-0.4, -0.2) is 67.5 Å². The van der Waals surface area contributed by atoms with Gasteiger partial charge < -0.3 is 15.1 Å². The third-order valence-corrected chi connectivity index (χ3v) is 7.37. The van der Waals surface area contributed by atoms with E-state index in [9.17, 15) is 27.2 Å². The van der Waals surface area contributed by atoms with Crippen molar-refractivity contribution in [2.75, 3.05) is 26.2 Å². The Morgan fingerprint density at radius 1 is 0.939 bits per heavy atom. The minimum absolute atomic E-state index is 0.0507. The van der Waals surface area contributed by atoms with Crippen molar-refractivity contribution in [3.8, 4) is 0 Å². The third kappa shape index (κ3) is 5.57. The molecule has 1 aliphatic rings. The van der Waals surface area contributed by atoms with E-state index in [1.807, 2.05) is 6.92 Å². The number of nitrogens with zero attached hydrogens (tertiary/aromatic N) is 2. The lowest BCUT2D eigenvalue weighted by Gasteiger charge is -2.36. The van der Waals surface area contributed by atoms with Crippen LogP contribution in [0.4, 0.5) is 4.39 Å². The number of rotatable bonds is 6. The highest BCUT2D eigenvalue weighted by Gasteiger charge is 2.39. The zero-order valence-corrected chi connectivity index (χ0v) is 19.3. The van der Waals surface area contributed by atoms with Crippen molar-refractivity contribution in [2.45, 2.75) is 30.5 Å². The summed E-state index contributed by atoms with van der Waals surface area (Å²) in [7, 11) is -4.38. The molecular formula is C23H26FN3O5S. The van der Waals surface area contributed by atoms with Crippen LogP contribution in [0.1, 0.15) is 29.3 Å². The Morgan fingerprint density at radius 3 is 2.03 bits per heavy atom. The van der Waals surface area contributed by atoms with E-state index >= 15 is 0 Å². The molecule has 3 amide bonds. The van der Waals surface area contributed by atoms with Gasteiger partial charge in [-0.2, -0.15) is 0 Å². The number of nitrogens with one attached hydrogen (secondary N) is 1. The van der Waals surface area contributed by atoms with Crippen LogP contribution in [-0.2, 0) is 19.4 Å². The summed E-state index contributed by atoms with van der Waals surface area (Å²) in [5.41, 5.74) is 1.11. The number of piperazine rings is 1. The van der Waals surface area contributed by atoms with E-state index < -0.39 is 32.8 Å². The van der Waals surface area contributed by atoms with Crippen LogP contribution in [0, 0.1) is 12.7 Å². The molecule has 0 spiro atoms. The summed E-state index contributed by atoms with van der Waals surface area (Å²) in [5.74, 6) is -2.20. The summed E-state index contributed by atoms with van der Waals surface area (Å²) >= 11 is 0. The van der Waals surface area contributed by atoms with Gasteiger partial charge in [-0.25, -0.2) is 12.8 Å². The molecule has 0 bridgehead atoms. The van der Waals surface area contributed by atoms with Gasteiger partial charge in [0.2, 0.25) is 21.1 Å². The minimum atomic E-state index is -4.38. The van der Waals surface area contributed by atoms with Crippen molar-refractivity contribution in [1.29, 1.82) is 0 Å². The van der Waals surface area contributed by atoms with E-state index in [2.05, 4.69) is 5.32 Å². The number of hydrogen-bond donors (Lipinski definition) is 1. The van der Waals surface area contributed by atoms with Crippen LogP contribution < -0.4 is 5.32 Å². The fourth-order valence-electron chi connectivity index (χ4n) is 3.51. The van der Waals surface area contributed by atoms with E-state index in [4.69, 9.17) is 0 Å². The van der Waals surface area contributed by atoms with Gasteiger partial charge in [-0.3, -0.25) is 14.4 Å². The standard InChI is InChI=1S/C23H26FN3O5S/c1-3-20(28)26-12-14-27(15-13-26)23(30)22(25-21(29)17-6-4-16(2)5-7-17)33(31,32)19-10-8-18(24)9-11-19/h4-11,22H,3,12-15H2,1-2H3,(H,25,29)/t22-/m1/s1. The molecule has 10 heteroatoms. The Labute approximate surface area is 192 Å². The van der Waals surface area contributed by atoms with E-state index in [1.54, 1.807) is 24.0 Å². The predicted octanol–water partition coefficient (Wildman–Crippen LogP) is 1.74. The number of carbonyl (C=O) groups excluding carboxylic acids is 3. The van der Waals surface area contributed by atoms with Gasteiger partial charge in [-0.05, 0) is 43.3 Å². The van der Waals surface area contributed by atoms with Crippen LogP contribution in [0.2, 0.25) is 0 Å². The van der Waals surface area contributed by atoms with E-state index in [-0.39, 0.29) is 42.5 Å². The van der Waals surface area contributed by atoms with Crippen LogP contribution >= 0.6 is 0 Å². The Morgan fingerprint density at radius 2 is 1.48 bits per heavy atom. The molecule has 1 saturated heterocycles. The lowest BCUT2D eigenvalue weighted by molar-refractivity contribution is -0.139. The first-order valence-electron chi connectivity index (χ1n) is 10.6. The van der Waals surface area contributed by atoms with Gasteiger partial charge in [0.05, 0.1) is 4.90 Å². The molecule has 176 valence electrons. The number of benzene rings is 2. The second-order valence-electron chi connectivity index (χ2n) is 7.78. The summed E-state index contributed by atoms with van der Waals surface area (Å²) in [6.45, 7) is 4.41. The number of amides is 3. The SMILES string of the molecule is CCC(=O)N1CCN(C(=O)[C@H](NC(=O)c2ccc(C)cc2)S(=O)(=O)c2ccc(F)cc2)CC1. The van der Waals surface area contributed by atoms with Gasteiger partial charge in [-0.15, -0.1) is 0 Å². The minimum Gasteiger partial charge on any atom is -0.339 e. The van der Waals surface area contributed by atoms with Gasteiger partial charge in [0, 0.05) is 38.2 Å². The average Bonchev–Trinajstić information content (AvgIpc) is 2.82. The number of aryl methyl sites for hydroxylation is 1. The van der Waals surface area contributed by atoms with E-state index in [0.29, 0.717) is 6.42 Å². The van der Waals surface area contributed by atoms with Crippen LogP contribution in [0.15, 0.2) is 53.4 Å². The van der Waals surface area contributed by atoms with Crippen LogP contribution in [0.5, 0.6) is 0 Å². The van der Waals surface area contributed by atoms with Crippen molar-refractivity contribution < 1.29 is 27.2 Å². The smallest absolute Gasteiger partial charge is 0.261 e. The molecule has 1 N–H and O–H groups in total. The van der Waals surface area contributed by atoms with E-state index in [1.165, 1.54) is 17.0 Å². The van der Waals surface area contributed by atoms with Gasteiger partial charge in [0.1, 0.15) is 5.82 Å². The third-order valence-electron chi connectivity index (χ3n) is 5.50. The summed E-state index contributed by atoms with van der Waals surface area (Å²) < 4.78 is 40.0. The molecular weight excluding hydrogens is 449 g/mol. The largest absolute Gasteiger partial charge is 0.339 e. The maximum Gasteiger partial charge on any atom is 0.261 e. The average molecular weight is 476 g/mol. The van der Waals surface area contributed by atoms with Crippen LogP contribution in [0.25, 0.3) is 0 Å². The lowest BCUT2D eigenvalue weighted by Crippen LogP contribution is -2.57. The van der Waals surface area contributed by atoms with Crippen LogP contribution in [0.3, 0.4) is 0 Å². The molecule has 0 radical (unpaired) electrons. The lowest BCUT2D eigenvalue weighted by atomic mass is 10.1. The van der Waals surface area contributed by atoms with Crippen molar-refractivity contribution in [3.63, 3.8) is 0 Å². The quantitative estimate of drug-likeness (QED) is 0.641. The Hall–Kier alpha value is -3.27. The van der Waals surface area contributed by atoms with Gasteiger partial charge in [-0.1, -0.05) is 24.6 Å². The highest BCUT2D eigenvalue weighted by Crippen LogP contribution is 2.19. The Balaban J connectivity index is 1.88. The first-order chi connectivity index (χ1) is 15.6. The zero-order chi connectivity index (χ0) is 24.2. The molecule has 1 atom stereocenters. The molecule has 0 aromatic heterocycles. The maximum absolute atomic E-state index is 13.3. The highest BCUT2D eigenvalue weighted by atomic mass is 32.2. The second-order valence-corrected chi connectivity index (χ2v) is 9.81. The maximum atomic E-state index is 13.3. The molecule has 33 heavy (non-hydrogen) atoms. The summed E-state index contributed by atoms with van der Waals surface area (Å²) in [6.07, 6.45) is 0.335. The second kappa shape index (κ2) is 10.1. The number of hydrogen-bond acceptors (Lipinski definition) is 5. The molecule has 0 unspecified atom stereocenters. The normalized spacial score (nSPS) is 15.1.